The smallest absolute Gasteiger partial charge is 0.236 e. The van der Waals surface area contributed by atoms with Crippen molar-refractivity contribution in [3.05, 3.63) is 0 Å². The molecule has 0 aromatic carbocycles. The highest BCUT2D eigenvalue weighted by atomic mass is 16.5. The topological polar surface area (TPSA) is 73.6 Å². The van der Waals surface area contributed by atoms with Crippen LogP contribution in [-0.4, -0.2) is 44.9 Å². The van der Waals surface area contributed by atoms with Crippen molar-refractivity contribution in [3.8, 4) is 0 Å². The van der Waals surface area contributed by atoms with Crippen LogP contribution in [0.2, 0.25) is 0 Å². The lowest BCUT2D eigenvalue weighted by atomic mass is 10.2. The van der Waals surface area contributed by atoms with Crippen LogP contribution in [0.4, 0.5) is 0 Å². The van der Waals surface area contributed by atoms with E-state index in [2.05, 4.69) is 12.2 Å². The Hall–Kier alpha value is -0.650. The van der Waals surface area contributed by atoms with Crippen molar-refractivity contribution in [3.63, 3.8) is 0 Å². The van der Waals surface area contributed by atoms with Gasteiger partial charge in [0.1, 0.15) is 0 Å². The second-order valence-electron chi connectivity index (χ2n) is 3.91. The normalized spacial score (nSPS) is 12.4. The lowest BCUT2D eigenvalue weighted by Gasteiger charge is -2.11. The Labute approximate surface area is 104 Å². The third-order valence-corrected chi connectivity index (χ3v) is 2.20. The van der Waals surface area contributed by atoms with Gasteiger partial charge in [0.05, 0.1) is 25.9 Å². The zero-order chi connectivity index (χ0) is 12.9. The van der Waals surface area contributed by atoms with E-state index in [0.717, 1.165) is 25.9 Å². The van der Waals surface area contributed by atoms with Crippen molar-refractivity contribution < 1.29 is 14.3 Å². The van der Waals surface area contributed by atoms with Gasteiger partial charge in [-0.3, -0.25) is 4.79 Å². The molecule has 0 aliphatic heterocycles. The van der Waals surface area contributed by atoms with Crippen molar-refractivity contribution in [2.75, 3.05) is 33.0 Å². The molecular weight excluding hydrogens is 220 g/mol. The standard InChI is InChI=1S/C12H26N2O3/c1-3-5-11(13)12(15)14-6-8-17-10-9-16-7-4-2/h11H,3-10,13H2,1-2H3,(H,14,15)/t11-/m0/s1. The van der Waals surface area contributed by atoms with Gasteiger partial charge in [0.15, 0.2) is 0 Å². The van der Waals surface area contributed by atoms with E-state index in [4.69, 9.17) is 15.2 Å². The summed E-state index contributed by atoms with van der Waals surface area (Å²) >= 11 is 0. The maximum Gasteiger partial charge on any atom is 0.236 e. The van der Waals surface area contributed by atoms with Crippen LogP contribution >= 0.6 is 0 Å². The number of nitrogens with two attached hydrogens (primary N) is 1. The van der Waals surface area contributed by atoms with E-state index >= 15 is 0 Å². The molecule has 0 fully saturated rings. The molecule has 0 spiro atoms. The first-order chi connectivity index (χ1) is 8.22. The third kappa shape index (κ3) is 10.2. The summed E-state index contributed by atoms with van der Waals surface area (Å²) in [7, 11) is 0. The van der Waals surface area contributed by atoms with Crippen LogP contribution in [0.15, 0.2) is 0 Å². The fourth-order valence-corrected chi connectivity index (χ4v) is 1.29. The van der Waals surface area contributed by atoms with Crippen LogP contribution in [0.25, 0.3) is 0 Å². The monoisotopic (exact) mass is 246 g/mol. The quantitative estimate of drug-likeness (QED) is 0.526. The highest BCUT2D eigenvalue weighted by Crippen LogP contribution is 1.92. The van der Waals surface area contributed by atoms with Gasteiger partial charge in [-0.1, -0.05) is 20.3 Å². The second-order valence-corrected chi connectivity index (χ2v) is 3.91. The van der Waals surface area contributed by atoms with Gasteiger partial charge in [0.2, 0.25) is 5.91 Å². The molecule has 0 aliphatic rings. The number of carbonyl (C=O) groups is 1. The molecule has 0 unspecified atom stereocenters. The van der Waals surface area contributed by atoms with Gasteiger partial charge in [0, 0.05) is 13.2 Å². The number of carbonyl (C=O) groups excluding carboxylic acids is 1. The van der Waals surface area contributed by atoms with Crippen molar-refractivity contribution in [1.82, 2.24) is 5.32 Å². The summed E-state index contributed by atoms with van der Waals surface area (Å²) in [5, 5.41) is 2.74. The average molecular weight is 246 g/mol. The molecule has 0 heterocycles. The lowest BCUT2D eigenvalue weighted by Crippen LogP contribution is -2.41. The summed E-state index contributed by atoms with van der Waals surface area (Å²) < 4.78 is 10.5. The zero-order valence-corrected chi connectivity index (χ0v) is 11.0. The summed E-state index contributed by atoms with van der Waals surface area (Å²) in [5.41, 5.74) is 5.65. The molecule has 0 bridgehead atoms. The average Bonchev–Trinajstić information content (AvgIpc) is 2.32. The van der Waals surface area contributed by atoms with Crippen molar-refractivity contribution in [2.45, 2.75) is 39.2 Å². The molecule has 0 rings (SSSR count). The van der Waals surface area contributed by atoms with Gasteiger partial charge in [-0.25, -0.2) is 0 Å². The second kappa shape index (κ2) is 11.8. The molecular formula is C12H26N2O3. The van der Waals surface area contributed by atoms with E-state index in [1.807, 2.05) is 6.92 Å². The number of ether oxygens (including phenoxy) is 2. The number of nitrogens with one attached hydrogen (secondary N) is 1. The Morgan fingerprint density at radius 3 is 2.35 bits per heavy atom. The molecule has 0 aliphatic carbocycles. The van der Waals surface area contributed by atoms with Crippen LogP contribution < -0.4 is 11.1 Å². The molecule has 5 heteroatoms. The van der Waals surface area contributed by atoms with Crippen molar-refractivity contribution in [1.29, 1.82) is 0 Å². The Kier molecular flexibility index (Phi) is 11.4. The molecule has 3 N–H and O–H groups in total. The van der Waals surface area contributed by atoms with E-state index in [9.17, 15) is 4.79 Å². The summed E-state index contributed by atoms with van der Waals surface area (Å²) in [6.07, 6.45) is 2.66. The minimum absolute atomic E-state index is 0.0994. The molecule has 0 saturated heterocycles. The third-order valence-electron chi connectivity index (χ3n) is 2.20. The van der Waals surface area contributed by atoms with Crippen molar-refractivity contribution in [2.24, 2.45) is 5.73 Å². The molecule has 1 amide bonds. The zero-order valence-electron chi connectivity index (χ0n) is 11.0. The predicted molar refractivity (Wildman–Crippen MR) is 67.8 cm³/mol. The Balaban J connectivity index is 3.24. The van der Waals surface area contributed by atoms with Crippen LogP contribution in [0.5, 0.6) is 0 Å². The first kappa shape index (κ1) is 16.4. The van der Waals surface area contributed by atoms with E-state index in [0.29, 0.717) is 26.4 Å². The van der Waals surface area contributed by atoms with Gasteiger partial charge < -0.3 is 20.5 Å². The molecule has 0 aromatic heterocycles. The molecule has 1 atom stereocenters. The molecule has 102 valence electrons. The first-order valence-electron chi connectivity index (χ1n) is 6.41. The maximum atomic E-state index is 11.4. The Morgan fingerprint density at radius 2 is 1.76 bits per heavy atom. The van der Waals surface area contributed by atoms with Gasteiger partial charge in [-0.2, -0.15) is 0 Å². The van der Waals surface area contributed by atoms with Crippen LogP contribution in [-0.2, 0) is 14.3 Å². The fourth-order valence-electron chi connectivity index (χ4n) is 1.29. The van der Waals surface area contributed by atoms with Gasteiger partial charge >= 0.3 is 0 Å². The number of hydrogen-bond donors (Lipinski definition) is 2. The van der Waals surface area contributed by atoms with Crippen LogP contribution in [0.1, 0.15) is 33.1 Å². The maximum absolute atomic E-state index is 11.4. The molecule has 0 radical (unpaired) electrons. The Bertz CT molecular complexity index is 189. The van der Waals surface area contributed by atoms with E-state index in [1.165, 1.54) is 0 Å². The SMILES string of the molecule is CCCOCCOCCNC(=O)[C@@H](N)CCC. The highest BCUT2D eigenvalue weighted by Gasteiger charge is 2.10. The van der Waals surface area contributed by atoms with Gasteiger partial charge in [-0.15, -0.1) is 0 Å². The molecule has 5 nitrogen and oxygen atoms in total. The summed E-state index contributed by atoms with van der Waals surface area (Å²) in [6.45, 7) is 7.02. The van der Waals surface area contributed by atoms with Crippen molar-refractivity contribution >= 4 is 5.91 Å². The first-order valence-corrected chi connectivity index (χ1v) is 6.41. The van der Waals surface area contributed by atoms with Crippen LogP contribution in [0, 0.1) is 0 Å². The fraction of sp³-hybridized carbons (Fsp3) is 0.917. The summed E-state index contributed by atoms with van der Waals surface area (Å²) in [4.78, 5) is 11.4. The molecule has 0 aromatic rings. The molecule has 17 heavy (non-hydrogen) atoms. The van der Waals surface area contributed by atoms with E-state index in [-0.39, 0.29) is 5.91 Å². The minimum atomic E-state index is -0.395. The van der Waals surface area contributed by atoms with Crippen LogP contribution in [0.3, 0.4) is 0 Å². The molecule has 0 saturated carbocycles. The Morgan fingerprint density at radius 1 is 1.12 bits per heavy atom. The number of amides is 1. The van der Waals surface area contributed by atoms with Gasteiger partial charge in [0.25, 0.3) is 0 Å². The highest BCUT2D eigenvalue weighted by molar-refractivity contribution is 5.81. The number of rotatable bonds is 11. The summed E-state index contributed by atoms with van der Waals surface area (Å²) in [5.74, 6) is -0.0994. The predicted octanol–water partition coefficient (Wildman–Crippen LogP) is 0.673. The minimum Gasteiger partial charge on any atom is -0.379 e. The number of hydrogen-bond acceptors (Lipinski definition) is 4. The van der Waals surface area contributed by atoms with Gasteiger partial charge in [-0.05, 0) is 12.8 Å². The summed E-state index contributed by atoms with van der Waals surface area (Å²) in [6, 6.07) is -0.395. The lowest BCUT2D eigenvalue weighted by molar-refractivity contribution is -0.122. The van der Waals surface area contributed by atoms with E-state index < -0.39 is 6.04 Å². The largest absolute Gasteiger partial charge is 0.379 e. The van der Waals surface area contributed by atoms with E-state index in [1.54, 1.807) is 0 Å².